The normalized spacial score (nSPS) is 20.1. The molecule has 0 aliphatic carbocycles. The average Bonchev–Trinajstić information content (AvgIpc) is 3.12. The van der Waals surface area contributed by atoms with E-state index in [9.17, 15) is 4.79 Å². The molecule has 3 aromatic rings. The summed E-state index contributed by atoms with van der Waals surface area (Å²) in [4.78, 5) is 15.5. The fourth-order valence-corrected chi connectivity index (χ4v) is 5.52. The van der Waals surface area contributed by atoms with Crippen LogP contribution in [0.5, 0.6) is 0 Å². The number of hydrogen-bond acceptors (Lipinski definition) is 4. The molecule has 1 aromatic heterocycles. The van der Waals surface area contributed by atoms with Crippen LogP contribution in [0.15, 0.2) is 60.0 Å². The molecule has 1 aliphatic heterocycles. The summed E-state index contributed by atoms with van der Waals surface area (Å²) >= 11 is 1.43. The predicted octanol–water partition coefficient (Wildman–Crippen LogP) is 4.74. The molecule has 0 spiro atoms. The number of anilines is 1. The van der Waals surface area contributed by atoms with Gasteiger partial charge in [-0.1, -0.05) is 66.7 Å². The number of fused-ring (bicyclic) bond motifs is 1. The van der Waals surface area contributed by atoms with Gasteiger partial charge in [-0.3, -0.25) is 4.79 Å². The van der Waals surface area contributed by atoms with Crippen LogP contribution in [-0.2, 0) is 17.3 Å². The fourth-order valence-electron chi connectivity index (χ4n) is 4.78. The van der Waals surface area contributed by atoms with Crippen LogP contribution < -0.4 is 4.90 Å². The molecule has 0 fully saturated rings. The number of hydrogen-bond donors (Lipinski definition) is 0. The first kappa shape index (κ1) is 20.7. The summed E-state index contributed by atoms with van der Waals surface area (Å²) in [5, 5.41) is 8.75. The fraction of sp³-hybridized carbons (Fsp3) is 0.375. The van der Waals surface area contributed by atoms with E-state index in [4.69, 9.17) is 0 Å². The van der Waals surface area contributed by atoms with Gasteiger partial charge in [-0.15, -0.1) is 10.2 Å². The highest BCUT2D eigenvalue weighted by molar-refractivity contribution is 7.99. The quantitative estimate of drug-likeness (QED) is 0.572. The molecule has 5 nitrogen and oxygen atoms in total. The maximum Gasteiger partial charge on any atom is 0.237 e. The monoisotopic (exact) mass is 420 g/mol. The first-order valence-electron chi connectivity index (χ1n) is 10.2. The van der Waals surface area contributed by atoms with E-state index in [-0.39, 0.29) is 16.9 Å². The van der Waals surface area contributed by atoms with Crippen molar-refractivity contribution >= 4 is 23.4 Å². The number of rotatable bonds is 4. The van der Waals surface area contributed by atoms with Gasteiger partial charge in [0.15, 0.2) is 5.16 Å². The summed E-state index contributed by atoms with van der Waals surface area (Å²) in [5.41, 5.74) is 4.21. The van der Waals surface area contributed by atoms with Crippen LogP contribution in [0.2, 0.25) is 0 Å². The van der Waals surface area contributed by atoms with Gasteiger partial charge in [0.05, 0.1) is 5.75 Å². The number of carbonyl (C=O) groups excluding carboxylic acids is 1. The zero-order valence-corrected chi connectivity index (χ0v) is 19.0. The molecule has 1 aliphatic rings. The van der Waals surface area contributed by atoms with E-state index in [1.165, 1.54) is 28.5 Å². The second-order valence-corrected chi connectivity index (χ2v) is 9.89. The Morgan fingerprint density at radius 3 is 2.53 bits per heavy atom. The van der Waals surface area contributed by atoms with Gasteiger partial charge in [-0.2, -0.15) is 0 Å². The van der Waals surface area contributed by atoms with Crippen LogP contribution in [0.25, 0.3) is 0 Å². The van der Waals surface area contributed by atoms with Crippen LogP contribution in [0.4, 0.5) is 5.69 Å². The molecule has 2 aromatic carbocycles. The van der Waals surface area contributed by atoms with Crippen molar-refractivity contribution in [1.29, 1.82) is 0 Å². The molecule has 156 valence electrons. The maximum absolute atomic E-state index is 13.5. The van der Waals surface area contributed by atoms with E-state index in [0.29, 0.717) is 5.75 Å². The van der Waals surface area contributed by atoms with Crippen LogP contribution in [0.1, 0.15) is 43.9 Å². The average molecular weight is 421 g/mol. The van der Waals surface area contributed by atoms with E-state index in [1.807, 2.05) is 16.5 Å². The molecular weight excluding hydrogens is 392 g/mol. The molecular formula is C24H28N4OS. The summed E-state index contributed by atoms with van der Waals surface area (Å²) in [6.07, 6.45) is 2.50. The minimum Gasteiger partial charge on any atom is -0.312 e. The lowest BCUT2D eigenvalue weighted by Gasteiger charge is -2.51. The number of aryl methyl sites for hydroxylation is 2. The van der Waals surface area contributed by atoms with Gasteiger partial charge in [0.1, 0.15) is 6.33 Å². The second kappa shape index (κ2) is 7.58. The highest BCUT2D eigenvalue weighted by Gasteiger charge is 2.47. The largest absolute Gasteiger partial charge is 0.312 e. The molecule has 0 saturated carbocycles. The van der Waals surface area contributed by atoms with Crippen molar-refractivity contribution in [2.24, 2.45) is 7.05 Å². The molecule has 2 heterocycles. The van der Waals surface area contributed by atoms with Crippen LogP contribution in [0.3, 0.4) is 0 Å². The summed E-state index contributed by atoms with van der Waals surface area (Å²) in [6.45, 7) is 8.75. The van der Waals surface area contributed by atoms with E-state index >= 15 is 0 Å². The van der Waals surface area contributed by atoms with Crippen molar-refractivity contribution < 1.29 is 4.79 Å². The Bertz CT molecular complexity index is 1080. The summed E-state index contributed by atoms with van der Waals surface area (Å²) < 4.78 is 1.84. The maximum atomic E-state index is 13.5. The third-order valence-electron chi connectivity index (χ3n) is 6.03. The van der Waals surface area contributed by atoms with Crippen molar-refractivity contribution in [3.8, 4) is 0 Å². The first-order chi connectivity index (χ1) is 14.2. The van der Waals surface area contributed by atoms with Crippen LogP contribution in [0, 0.1) is 6.92 Å². The molecule has 0 N–H and O–H groups in total. The third kappa shape index (κ3) is 3.54. The van der Waals surface area contributed by atoms with Gasteiger partial charge >= 0.3 is 0 Å². The lowest BCUT2D eigenvalue weighted by Crippen LogP contribution is -2.56. The number of carbonyl (C=O) groups is 1. The Hall–Kier alpha value is -2.60. The lowest BCUT2D eigenvalue weighted by atomic mass is 9.65. The van der Waals surface area contributed by atoms with Crippen molar-refractivity contribution in [3.63, 3.8) is 0 Å². The molecule has 1 atom stereocenters. The molecule has 6 heteroatoms. The van der Waals surface area contributed by atoms with Gasteiger partial charge in [-0.25, -0.2) is 0 Å². The minimum atomic E-state index is -0.329. The topological polar surface area (TPSA) is 51.0 Å². The molecule has 30 heavy (non-hydrogen) atoms. The third-order valence-corrected chi connectivity index (χ3v) is 7.05. The minimum absolute atomic E-state index is 0.0909. The summed E-state index contributed by atoms with van der Waals surface area (Å²) in [7, 11) is 1.89. The van der Waals surface area contributed by atoms with E-state index in [0.717, 1.165) is 17.3 Å². The smallest absolute Gasteiger partial charge is 0.237 e. The van der Waals surface area contributed by atoms with Crippen molar-refractivity contribution in [3.05, 3.63) is 71.5 Å². The molecule has 4 rings (SSSR count). The lowest BCUT2D eigenvalue weighted by molar-refractivity contribution is -0.117. The van der Waals surface area contributed by atoms with Gasteiger partial charge in [0.25, 0.3) is 0 Å². The van der Waals surface area contributed by atoms with Gasteiger partial charge in [0.2, 0.25) is 5.91 Å². The number of thioether (sulfide) groups is 1. The summed E-state index contributed by atoms with van der Waals surface area (Å²) in [5.74, 6) is 0.416. The van der Waals surface area contributed by atoms with E-state index < -0.39 is 0 Å². The Balaban J connectivity index is 1.75. The Labute approximate surface area is 182 Å². The Morgan fingerprint density at radius 2 is 1.87 bits per heavy atom. The highest BCUT2D eigenvalue weighted by Crippen LogP contribution is 2.50. The molecule has 0 radical (unpaired) electrons. The van der Waals surface area contributed by atoms with Crippen LogP contribution in [-0.4, -0.2) is 32.0 Å². The highest BCUT2D eigenvalue weighted by atomic mass is 32.2. The van der Waals surface area contributed by atoms with Crippen LogP contribution >= 0.6 is 11.8 Å². The number of nitrogens with zero attached hydrogens (tertiary/aromatic N) is 4. The Kier molecular flexibility index (Phi) is 5.22. The Morgan fingerprint density at radius 1 is 1.13 bits per heavy atom. The second-order valence-electron chi connectivity index (χ2n) is 8.95. The molecule has 0 bridgehead atoms. The van der Waals surface area contributed by atoms with Gasteiger partial charge < -0.3 is 9.47 Å². The zero-order chi connectivity index (χ0) is 21.5. The number of aromatic nitrogens is 3. The van der Waals surface area contributed by atoms with Crippen molar-refractivity contribution in [2.75, 3.05) is 10.7 Å². The van der Waals surface area contributed by atoms with Gasteiger partial charge in [0, 0.05) is 23.7 Å². The molecule has 1 amide bonds. The number of amides is 1. The standard InChI is InChI=1S/C24H28N4OS/c1-17-11-12-20-19(13-17)24(4,18-9-7-6-8-10-18)15-23(2,3)28(20)21(29)14-30-22-26-25-16-27(22)5/h6-13,16H,14-15H2,1-5H3/t24-/m0/s1. The molecule has 0 saturated heterocycles. The summed E-state index contributed by atoms with van der Waals surface area (Å²) in [6, 6.07) is 17.1. The first-order valence-corrected chi connectivity index (χ1v) is 11.2. The molecule has 0 unspecified atom stereocenters. The predicted molar refractivity (Wildman–Crippen MR) is 122 cm³/mol. The number of benzene rings is 2. The van der Waals surface area contributed by atoms with E-state index in [1.54, 1.807) is 6.33 Å². The van der Waals surface area contributed by atoms with Gasteiger partial charge in [-0.05, 0) is 44.4 Å². The van der Waals surface area contributed by atoms with Crippen molar-refractivity contribution in [2.45, 2.75) is 50.2 Å². The van der Waals surface area contributed by atoms with E-state index in [2.05, 4.69) is 86.4 Å². The zero-order valence-electron chi connectivity index (χ0n) is 18.2. The van der Waals surface area contributed by atoms with Crippen molar-refractivity contribution in [1.82, 2.24) is 14.8 Å². The SMILES string of the molecule is Cc1ccc2c(c1)[C@](C)(c1ccccc1)CC(C)(C)N2C(=O)CSc1nncn1C.